The Morgan fingerprint density at radius 3 is 2.61 bits per heavy atom. The first-order chi connectivity index (χ1) is 8.36. The molecule has 1 aromatic rings. The zero-order chi connectivity index (χ0) is 13.8. The van der Waals surface area contributed by atoms with E-state index in [-0.39, 0.29) is 18.0 Å². The Labute approximate surface area is 107 Å². The van der Waals surface area contributed by atoms with Gasteiger partial charge >= 0.3 is 0 Å². The summed E-state index contributed by atoms with van der Waals surface area (Å²) in [5, 5.41) is 2.34. The van der Waals surface area contributed by atoms with Gasteiger partial charge in [-0.15, -0.1) is 0 Å². The third kappa shape index (κ3) is 3.87. The quantitative estimate of drug-likeness (QED) is 0.863. The second-order valence-corrected chi connectivity index (χ2v) is 6.87. The second-order valence-electron chi connectivity index (χ2n) is 4.19. The van der Waals surface area contributed by atoms with Gasteiger partial charge in [-0.05, 0) is 26.0 Å². The highest BCUT2D eigenvalue weighted by molar-refractivity contribution is 7.92. The molecule has 1 aromatic carbocycles. The van der Waals surface area contributed by atoms with Crippen LogP contribution in [0.4, 0.5) is 10.1 Å². The van der Waals surface area contributed by atoms with E-state index in [4.69, 9.17) is 4.74 Å². The van der Waals surface area contributed by atoms with Gasteiger partial charge in [-0.2, -0.15) is 0 Å². The minimum absolute atomic E-state index is 0.0265. The van der Waals surface area contributed by atoms with Crippen molar-refractivity contribution in [2.75, 3.05) is 24.7 Å². The Hall–Kier alpha value is -1.30. The van der Waals surface area contributed by atoms with E-state index < -0.39 is 20.9 Å². The number of halogens is 1. The Kier molecular flexibility index (Phi) is 4.95. The van der Waals surface area contributed by atoms with Crippen LogP contribution in [0.1, 0.15) is 13.8 Å². The molecule has 0 radical (unpaired) electrons. The molecule has 1 rings (SSSR count). The Morgan fingerprint density at radius 1 is 1.39 bits per heavy atom. The van der Waals surface area contributed by atoms with Crippen LogP contribution >= 0.6 is 0 Å². The summed E-state index contributed by atoms with van der Waals surface area (Å²) in [6.07, 6.45) is 0. The Balaban J connectivity index is 2.64. The monoisotopic (exact) mass is 275 g/mol. The van der Waals surface area contributed by atoms with Gasteiger partial charge in [0.15, 0.2) is 9.84 Å². The predicted molar refractivity (Wildman–Crippen MR) is 70.4 cm³/mol. The van der Waals surface area contributed by atoms with Gasteiger partial charge in [0.2, 0.25) is 0 Å². The number of ether oxygens (including phenoxy) is 1. The molecule has 1 N–H and O–H groups in total. The fraction of sp³-hybridized carbons (Fsp3) is 0.500. The summed E-state index contributed by atoms with van der Waals surface area (Å²) in [5.74, 6) is 0.0600. The van der Waals surface area contributed by atoms with Crippen molar-refractivity contribution >= 4 is 15.5 Å². The second kappa shape index (κ2) is 6.04. The van der Waals surface area contributed by atoms with Crippen LogP contribution in [0, 0.1) is 5.82 Å². The summed E-state index contributed by atoms with van der Waals surface area (Å²) >= 11 is 0. The SMILES string of the molecule is COc1ccc(F)c(NCCS(=O)(=O)C(C)C)c1. The lowest BCUT2D eigenvalue weighted by Gasteiger charge is -2.11. The fourth-order valence-electron chi connectivity index (χ4n) is 1.33. The summed E-state index contributed by atoms with van der Waals surface area (Å²) in [4.78, 5) is 0. The summed E-state index contributed by atoms with van der Waals surface area (Å²) in [6.45, 7) is 3.42. The van der Waals surface area contributed by atoms with Gasteiger partial charge in [0, 0.05) is 12.6 Å². The molecule has 0 heterocycles. The third-order valence-electron chi connectivity index (χ3n) is 2.59. The molecule has 0 spiro atoms. The maximum Gasteiger partial charge on any atom is 0.154 e. The van der Waals surface area contributed by atoms with Gasteiger partial charge in [0.05, 0.1) is 23.8 Å². The number of hydrogen-bond donors (Lipinski definition) is 1. The number of rotatable bonds is 6. The van der Waals surface area contributed by atoms with E-state index >= 15 is 0 Å². The molecule has 18 heavy (non-hydrogen) atoms. The highest BCUT2D eigenvalue weighted by atomic mass is 32.2. The van der Waals surface area contributed by atoms with Gasteiger partial charge in [0.1, 0.15) is 11.6 Å². The van der Waals surface area contributed by atoms with E-state index in [2.05, 4.69) is 5.32 Å². The summed E-state index contributed by atoms with van der Waals surface area (Å²) in [7, 11) is -1.63. The minimum Gasteiger partial charge on any atom is -0.497 e. The topological polar surface area (TPSA) is 55.4 Å². The van der Waals surface area contributed by atoms with Crippen molar-refractivity contribution in [2.24, 2.45) is 0 Å². The molecule has 0 atom stereocenters. The van der Waals surface area contributed by atoms with Gasteiger partial charge in [-0.25, -0.2) is 12.8 Å². The van der Waals surface area contributed by atoms with Crippen LogP contribution < -0.4 is 10.1 Å². The van der Waals surface area contributed by atoms with Crippen LogP contribution in [0.2, 0.25) is 0 Å². The van der Waals surface area contributed by atoms with Crippen molar-refractivity contribution in [1.29, 1.82) is 0 Å². The van der Waals surface area contributed by atoms with E-state index in [9.17, 15) is 12.8 Å². The molecule has 0 aliphatic rings. The van der Waals surface area contributed by atoms with Crippen LogP contribution in [-0.2, 0) is 9.84 Å². The van der Waals surface area contributed by atoms with Gasteiger partial charge < -0.3 is 10.1 Å². The van der Waals surface area contributed by atoms with Crippen LogP contribution in [0.25, 0.3) is 0 Å². The van der Waals surface area contributed by atoms with Crippen molar-refractivity contribution in [3.8, 4) is 5.75 Å². The smallest absolute Gasteiger partial charge is 0.154 e. The molecule has 4 nitrogen and oxygen atoms in total. The van der Waals surface area contributed by atoms with E-state index in [1.165, 1.54) is 25.3 Å². The summed E-state index contributed by atoms with van der Waals surface area (Å²) in [6, 6.07) is 4.28. The molecule has 0 aromatic heterocycles. The highest BCUT2D eigenvalue weighted by Crippen LogP contribution is 2.20. The number of benzene rings is 1. The average molecular weight is 275 g/mol. The standard InChI is InChI=1S/C12H18FNO3S/c1-9(2)18(15,16)7-6-14-12-8-10(17-3)4-5-11(12)13/h4-5,8-9,14H,6-7H2,1-3H3. The molecule has 0 aliphatic heterocycles. The summed E-state index contributed by atoms with van der Waals surface area (Å²) in [5.41, 5.74) is 0.244. The van der Waals surface area contributed by atoms with Crippen molar-refractivity contribution in [2.45, 2.75) is 19.1 Å². The van der Waals surface area contributed by atoms with Crippen molar-refractivity contribution in [3.63, 3.8) is 0 Å². The number of hydrogen-bond acceptors (Lipinski definition) is 4. The number of sulfone groups is 1. The van der Waals surface area contributed by atoms with Gasteiger partial charge in [-0.1, -0.05) is 0 Å². The molecule has 0 saturated carbocycles. The van der Waals surface area contributed by atoms with E-state index in [0.29, 0.717) is 5.75 Å². The molecular formula is C12H18FNO3S. The van der Waals surface area contributed by atoms with Crippen LogP contribution in [0.3, 0.4) is 0 Å². The molecule has 0 aliphatic carbocycles. The Morgan fingerprint density at radius 2 is 2.06 bits per heavy atom. The van der Waals surface area contributed by atoms with Crippen molar-refractivity contribution in [1.82, 2.24) is 0 Å². The first kappa shape index (κ1) is 14.8. The lowest BCUT2D eigenvalue weighted by molar-refractivity contribution is 0.414. The van der Waals surface area contributed by atoms with Crippen LogP contribution in [0.15, 0.2) is 18.2 Å². The largest absolute Gasteiger partial charge is 0.497 e. The normalized spacial score (nSPS) is 11.6. The number of nitrogens with one attached hydrogen (secondary N) is 1. The lowest BCUT2D eigenvalue weighted by Crippen LogP contribution is -2.23. The molecule has 0 amide bonds. The maximum atomic E-state index is 13.4. The zero-order valence-corrected chi connectivity index (χ0v) is 11.6. The van der Waals surface area contributed by atoms with E-state index in [1.807, 2.05) is 0 Å². The molecule has 102 valence electrons. The number of methoxy groups -OCH3 is 1. The van der Waals surface area contributed by atoms with E-state index in [1.54, 1.807) is 13.8 Å². The molecule has 0 fully saturated rings. The van der Waals surface area contributed by atoms with Crippen molar-refractivity contribution in [3.05, 3.63) is 24.0 Å². The summed E-state index contributed by atoms with van der Waals surface area (Å²) < 4.78 is 41.5. The average Bonchev–Trinajstić information content (AvgIpc) is 2.31. The lowest BCUT2D eigenvalue weighted by atomic mass is 10.3. The molecule has 0 unspecified atom stereocenters. The Bertz CT molecular complexity index is 500. The molecule has 6 heteroatoms. The van der Waals surface area contributed by atoms with Crippen molar-refractivity contribution < 1.29 is 17.5 Å². The molecule has 0 bridgehead atoms. The van der Waals surface area contributed by atoms with Crippen LogP contribution in [-0.4, -0.2) is 33.1 Å². The zero-order valence-electron chi connectivity index (χ0n) is 10.7. The first-order valence-electron chi connectivity index (χ1n) is 5.66. The minimum atomic E-state index is -3.11. The van der Waals surface area contributed by atoms with Crippen LogP contribution in [0.5, 0.6) is 5.75 Å². The fourth-order valence-corrected chi connectivity index (χ4v) is 2.19. The maximum absolute atomic E-state index is 13.4. The highest BCUT2D eigenvalue weighted by Gasteiger charge is 2.15. The molecular weight excluding hydrogens is 257 g/mol. The number of anilines is 1. The first-order valence-corrected chi connectivity index (χ1v) is 7.37. The molecule has 0 saturated heterocycles. The van der Waals surface area contributed by atoms with E-state index in [0.717, 1.165) is 0 Å². The van der Waals surface area contributed by atoms with Gasteiger partial charge in [-0.3, -0.25) is 0 Å². The third-order valence-corrected chi connectivity index (χ3v) is 4.80. The predicted octanol–water partition coefficient (Wildman–Crippen LogP) is 2.07. The van der Waals surface area contributed by atoms with Gasteiger partial charge in [0.25, 0.3) is 0 Å².